The molecule has 2 amide bonds. The van der Waals surface area contributed by atoms with Crippen LogP contribution in [0.25, 0.3) is 0 Å². The molecule has 1 aromatic heterocycles. The van der Waals surface area contributed by atoms with Crippen molar-refractivity contribution in [1.29, 1.82) is 0 Å². The maximum atomic E-state index is 12.0. The van der Waals surface area contributed by atoms with E-state index in [9.17, 15) is 4.79 Å². The van der Waals surface area contributed by atoms with Crippen LogP contribution in [0.5, 0.6) is 0 Å². The zero-order valence-corrected chi connectivity index (χ0v) is 12.0. The molecule has 1 heterocycles. The molecule has 20 heavy (non-hydrogen) atoms. The second-order valence-corrected chi connectivity index (χ2v) is 4.92. The largest absolute Gasteiger partial charge is 0.331 e. The monoisotopic (exact) mass is 269 g/mol. The molecule has 2 rings (SSSR count). The van der Waals surface area contributed by atoms with Gasteiger partial charge in [0, 0.05) is 18.1 Å². The number of urea groups is 1. The van der Waals surface area contributed by atoms with Gasteiger partial charge in [0.1, 0.15) is 0 Å². The minimum absolute atomic E-state index is 0.0660. The van der Waals surface area contributed by atoms with E-state index in [0.29, 0.717) is 0 Å². The molecule has 0 aliphatic heterocycles. The highest BCUT2D eigenvalue weighted by atomic mass is 16.2. The Morgan fingerprint density at radius 2 is 1.85 bits per heavy atom. The number of anilines is 1. The van der Waals surface area contributed by atoms with Crippen LogP contribution in [-0.4, -0.2) is 11.0 Å². The maximum absolute atomic E-state index is 12.0. The fourth-order valence-corrected chi connectivity index (χ4v) is 2.04. The smallest absolute Gasteiger partial charge is 0.319 e. The molecular formula is C16H19N3O. The molecular weight excluding hydrogens is 250 g/mol. The summed E-state index contributed by atoms with van der Waals surface area (Å²) < 4.78 is 0. The van der Waals surface area contributed by atoms with Crippen molar-refractivity contribution in [3.63, 3.8) is 0 Å². The van der Waals surface area contributed by atoms with Gasteiger partial charge in [-0.25, -0.2) is 4.79 Å². The lowest BCUT2D eigenvalue weighted by atomic mass is 10.1. The fraction of sp³-hybridized carbons (Fsp3) is 0.250. The van der Waals surface area contributed by atoms with Gasteiger partial charge in [-0.3, -0.25) is 4.98 Å². The fourth-order valence-electron chi connectivity index (χ4n) is 2.04. The van der Waals surface area contributed by atoms with E-state index in [1.165, 1.54) is 5.56 Å². The molecule has 0 radical (unpaired) electrons. The third-order valence-corrected chi connectivity index (χ3v) is 3.18. The Morgan fingerprint density at radius 1 is 1.15 bits per heavy atom. The van der Waals surface area contributed by atoms with Crippen molar-refractivity contribution in [3.8, 4) is 0 Å². The number of carbonyl (C=O) groups excluding carboxylic acids is 1. The highest BCUT2D eigenvalue weighted by Crippen LogP contribution is 2.16. The van der Waals surface area contributed by atoms with Crippen molar-refractivity contribution in [2.75, 3.05) is 5.32 Å². The Bertz CT molecular complexity index is 596. The van der Waals surface area contributed by atoms with Gasteiger partial charge in [0.2, 0.25) is 0 Å². The van der Waals surface area contributed by atoms with Gasteiger partial charge in [-0.1, -0.05) is 17.7 Å². The standard InChI is InChI=1S/C16H19N3O/c1-11-4-5-15(12(2)10-11)19-16(20)18-13(3)14-6-8-17-9-7-14/h4-10,13H,1-3H3,(H2,18,19,20)/t13-/m0/s1. The van der Waals surface area contributed by atoms with E-state index >= 15 is 0 Å². The first-order valence-corrected chi connectivity index (χ1v) is 6.61. The molecule has 2 N–H and O–H groups in total. The van der Waals surface area contributed by atoms with Crippen LogP contribution in [0, 0.1) is 13.8 Å². The minimum atomic E-state index is -0.207. The van der Waals surface area contributed by atoms with Crippen molar-refractivity contribution >= 4 is 11.7 Å². The van der Waals surface area contributed by atoms with E-state index in [1.807, 2.05) is 51.1 Å². The Morgan fingerprint density at radius 3 is 2.50 bits per heavy atom. The molecule has 1 aromatic carbocycles. The lowest BCUT2D eigenvalue weighted by molar-refractivity contribution is 0.249. The summed E-state index contributed by atoms with van der Waals surface area (Å²) >= 11 is 0. The predicted octanol–water partition coefficient (Wildman–Crippen LogP) is 3.58. The number of carbonyl (C=O) groups is 1. The van der Waals surface area contributed by atoms with Gasteiger partial charge in [-0.05, 0) is 50.1 Å². The van der Waals surface area contributed by atoms with Crippen LogP contribution in [0.3, 0.4) is 0 Å². The molecule has 4 nitrogen and oxygen atoms in total. The summed E-state index contributed by atoms with van der Waals surface area (Å²) in [5, 5.41) is 5.78. The molecule has 0 unspecified atom stereocenters. The maximum Gasteiger partial charge on any atom is 0.319 e. The van der Waals surface area contributed by atoms with Crippen LogP contribution in [0.4, 0.5) is 10.5 Å². The van der Waals surface area contributed by atoms with E-state index in [-0.39, 0.29) is 12.1 Å². The van der Waals surface area contributed by atoms with Crippen molar-refractivity contribution in [3.05, 3.63) is 59.4 Å². The zero-order valence-electron chi connectivity index (χ0n) is 12.0. The van der Waals surface area contributed by atoms with Crippen LogP contribution in [-0.2, 0) is 0 Å². The molecule has 0 aliphatic carbocycles. The SMILES string of the molecule is Cc1ccc(NC(=O)N[C@@H](C)c2ccncc2)c(C)c1. The van der Waals surface area contributed by atoms with Crippen LogP contribution in [0.1, 0.15) is 29.7 Å². The summed E-state index contributed by atoms with van der Waals surface area (Å²) in [6, 6.07) is 9.45. The highest BCUT2D eigenvalue weighted by Gasteiger charge is 2.10. The first-order chi connectivity index (χ1) is 9.56. The molecule has 0 aliphatic rings. The van der Waals surface area contributed by atoms with Crippen LogP contribution in [0.15, 0.2) is 42.7 Å². The molecule has 0 spiro atoms. The topological polar surface area (TPSA) is 54.0 Å². The number of rotatable bonds is 3. The lowest BCUT2D eigenvalue weighted by Crippen LogP contribution is -2.31. The van der Waals surface area contributed by atoms with E-state index in [1.54, 1.807) is 12.4 Å². The highest BCUT2D eigenvalue weighted by molar-refractivity contribution is 5.90. The van der Waals surface area contributed by atoms with Gasteiger partial charge < -0.3 is 10.6 Å². The number of aryl methyl sites for hydroxylation is 2. The second kappa shape index (κ2) is 6.19. The Kier molecular flexibility index (Phi) is 4.35. The molecule has 1 atom stereocenters. The second-order valence-electron chi connectivity index (χ2n) is 4.92. The molecule has 2 aromatic rings. The van der Waals surface area contributed by atoms with Crippen LogP contribution >= 0.6 is 0 Å². The van der Waals surface area contributed by atoms with Crippen molar-refractivity contribution in [2.24, 2.45) is 0 Å². The average Bonchev–Trinajstić information content (AvgIpc) is 2.43. The number of hydrogen-bond donors (Lipinski definition) is 2. The van der Waals surface area contributed by atoms with E-state index in [0.717, 1.165) is 16.8 Å². The summed E-state index contributed by atoms with van der Waals surface area (Å²) in [4.78, 5) is 16.0. The Hall–Kier alpha value is -2.36. The lowest BCUT2D eigenvalue weighted by Gasteiger charge is -2.16. The molecule has 4 heteroatoms. The Balaban J connectivity index is 1.99. The van der Waals surface area contributed by atoms with E-state index in [2.05, 4.69) is 15.6 Å². The number of aromatic nitrogens is 1. The van der Waals surface area contributed by atoms with Gasteiger partial charge in [0.15, 0.2) is 0 Å². The quantitative estimate of drug-likeness (QED) is 0.894. The molecule has 0 saturated heterocycles. The summed E-state index contributed by atoms with van der Waals surface area (Å²) in [5.41, 5.74) is 4.08. The van der Waals surface area contributed by atoms with Gasteiger partial charge in [-0.15, -0.1) is 0 Å². The minimum Gasteiger partial charge on any atom is -0.331 e. The first kappa shape index (κ1) is 14.1. The zero-order chi connectivity index (χ0) is 14.5. The van der Waals surface area contributed by atoms with Gasteiger partial charge in [-0.2, -0.15) is 0 Å². The third kappa shape index (κ3) is 3.57. The van der Waals surface area contributed by atoms with Crippen molar-refractivity contribution < 1.29 is 4.79 Å². The number of amides is 2. The molecule has 0 bridgehead atoms. The first-order valence-electron chi connectivity index (χ1n) is 6.61. The molecule has 0 saturated carbocycles. The normalized spacial score (nSPS) is 11.8. The summed E-state index contributed by atoms with van der Waals surface area (Å²) in [5.74, 6) is 0. The summed E-state index contributed by atoms with van der Waals surface area (Å²) in [7, 11) is 0. The summed E-state index contributed by atoms with van der Waals surface area (Å²) in [6.45, 7) is 5.95. The number of nitrogens with one attached hydrogen (secondary N) is 2. The van der Waals surface area contributed by atoms with Crippen molar-refractivity contribution in [1.82, 2.24) is 10.3 Å². The van der Waals surface area contributed by atoms with E-state index in [4.69, 9.17) is 0 Å². The van der Waals surface area contributed by atoms with E-state index < -0.39 is 0 Å². The number of benzene rings is 1. The molecule has 0 fully saturated rings. The van der Waals surface area contributed by atoms with Gasteiger partial charge >= 0.3 is 6.03 Å². The van der Waals surface area contributed by atoms with Gasteiger partial charge in [0.05, 0.1) is 6.04 Å². The Labute approximate surface area is 119 Å². The average molecular weight is 269 g/mol. The predicted molar refractivity (Wildman–Crippen MR) is 80.7 cm³/mol. The third-order valence-electron chi connectivity index (χ3n) is 3.18. The number of nitrogens with zero attached hydrogens (tertiary/aromatic N) is 1. The number of pyridine rings is 1. The van der Waals surface area contributed by atoms with Crippen molar-refractivity contribution in [2.45, 2.75) is 26.8 Å². The van der Waals surface area contributed by atoms with Crippen LogP contribution in [0.2, 0.25) is 0 Å². The van der Waals surface area contributed by atoms with Crippen LogP contribution < -0.4 is 10.6 Å². The number of hydrogen-bond acceptors (Lipinski definition) is 2. The van der Waals surface area contributed by atoms with Gasteiger partial charge in [0.25, 0.3) is 0 Å². The molecule has 104 valence electrons. The summed E-state index contributed by atoms with van der Waals surface area (Å²) in [6.07, 6.45) is 3.44.